The SMILES string of the molecule is CC/C=C\C/C=C\C/C=C\C/C=C\CCCCCCCCCCCCCCCCCCCCCCC(=O)OCC(COC(=O)CCCCCCCC)OC(=O)CCCCCCC/C=C\C/C=C\CCCCCC. The second-order valence-corrected chi connectivity index (χ2v) is 20.9. The van der Waals surface area contributed by atoms with Gasteiger partial charge in [-0.25, -0.2) is 0 Å². The van der Waals surface area contributed by atoms with Crippen molar-refractivity contribution in [2.75, 3.05) is 13.2 Å². The van der Waals surface area contributed by atoms with E-state index >= 15 is 0 Å². The molecule has 0 aromatic carbocycles. The molecule has 0 aromatic heterocycles. The van der Waals surface area contributed by atoms with Crippen LogP contribution in [0.3, 0.4) is 0 Å². The molecule has 73 heavy (non-hydrogen) atoms. The molecular formula is C67H118O6. The predicted octanol–water partition coefficient (Wildman–Crippen LogP) is 21.3. The van der Waals surface area contributed by atoms with E-state index in [-0.39, 0.29) is 31.1 Å². The third-order valence-corrected chi connectivity index (χ3v) is 13.7. The number of hydrogen-bond donors (Lipinski definition) is 0. The molecule has 0 aliphatic carbocycles. The summed E-state index contributed by atoms with van der Waals surface area (Å²) in [5.74, 6) is -0.888. The Morgan fingerprint density at radius 2 is 0.534 bits per heavy atom. The van der Waals surface area contributed by atoms with Crippen molar-refractivity contribution >= 4 is 17.9 Å². The molecule has 0 fully saturated rings. The van der Waals surface area contributed by atoms with Gasteiger partial charge in [0.1, 0.15) is 13.2 Å². The van der Waals surface area contributed by atoms with Crippen LogP contribution in [0.4, 0.5) is 0 Å². The first-order valence-corrected chi connectivity index (χ1v) is 31.4. The van der Waals surface area contributed by atoms with Gasteiger partial charge in [0.25, 0.3) is 0 Å². The maximum atomic E-state index is 12.8. The van der Waals surface area contributed by atoms with Crippen LogP contribution >= 0.6 is 0 Å². The minimum absolute atomic E-state index is 0.0769. The van der Waals surface area contributed by atoms with Crippen LogP contribution in [0, 0.1) is 0 Å². The van der Waals surface area contributed by atoms with Crippen LogP contribution in [0.1, 0.15) is 316 Å². The Hall–Kier alpha value is -3.15. The molecule has 0 heterocycles. The lowest BCUT2D eigenvalue weighted by Gasteiger charge is -2.18. The van der Waals surface area contributed by atoms with E-state index in [2.05, 4.69) is 93.7 Å². The maximum Gasteiger partial charge on any atom is 0.306 e. The highest BCUT2D eigenvalue weighted by atomic mass is 16.6. The van der Waals surface area contributed by atoms with Gasteiger partial charge in [0.05, 0.1) is 0 Å². The van der Waals surface area contributed by atoms with Crippen LogP contribution in [0.2, 0.25) is 0 Å². The number of rotatable bonds is 57. The molecule has 0 aliphatic rings. The minimum Gasteiger partial charge on any atom is -0.462 e. The predicted molar refractivity (Wildman–Crippen MR) is 316 cm³/mol. The van der Waals surface area contributed by atoms with Crippen LogP contribution in [0.15, 0.2) is 72.9 Å². The zero-order valence-corrected chi connectivity index (χ0v) is 48.4. The summed E-state index contributed by atoms with van der Waals surface area (Å²) in [6.45, 7) is 6.46. The van der Waals surface area contributed by atoms with Crippen molar-refractivity contribution in [3.63, 3.8) is 0 Å². The average Bonchev–Trinajstić information content (AvgIpc) is 3.39. The normalized spacial score (nSPS) is 12.5. The van der Waals surface area contributed by atoms with Crippen LogP contribution in [0.5, 0.6) is 0 Å². The van der Waals surface area contributed by atoms with Crippen molar-refractivity contribution in [3.8, 4) is 0 Å². The number of carbonyl (C=O) groups excluding carboxylic acids is 3. The number of allylic oxidation sites excluding steroid dienone is 12. The fourth-order valence-electron chi connectivity index (χ4n) is 9.00. The molecule has 1 atom stereocenters. The van der Waals surface area contributed by atoms with Crippen LogP contribution in [0.25, 0.3) is 0 Å². The number of hydrogen-bond acceptors (Lipinski definition) is 6. The molecule has 0 amide bonds. The van der Waals surface area contributed by atoms with Crippen molar-refractivity contribution in [1.82, 2.24) is 0 Å². The van der Waals surface area contributed by atoms with Crippen LogP contribution < -0.4 is 0 Å². The lowest BCUT2D eigenvalue weighted by Crippen LogP contribution is -2.30. The molecular weight excluding hydrogens is 901 g/mol. The number of ether oxygens (including phenoxy) is 3. The molecule has 6 heteroatoms. The Bertz CT molecular complexity index is 1360. The van der Waals surface area contributed by atoms with E-state index in [0.717, 1.165) is 109 Å². The van der Waals surface area contributed by atoms with Gasteiger partial charge in [-0.15, -0.1) is 0 Å². The van der Waals surface area contributed by atoms with E-state index in [1.165, 1.54) is 167 Å². The summed E-state index contributed by atoms with van der Waals surface area (Å²) in [5, 5.41) is 0. The van der Waals surface area contributed by atoms with E-state index in [1.54, 1.807) is 0 Å². The average molecular weight is 1020 g/mol. The van der Waals surface area contributed by atoms with Crippen molar-refractivity contribution in [3.05, 3.63) is 72.9 Å². The number of carbonyl (C=O) groups is 3. The van der Waals surface area contributed by atoms with Gasteiger partial charge in [0, 0.05) is 19.3 Å². The number of esters is 3. The quantitative estimate of drug-likeness (QED) is 0.0261. The Morgan fingerprint density at radius 1 is 0.288 bits per heavy atom. The van der Waals surface area contributed by atoms with Gasteiger partial charge in [-0.1, -0.05) is 280 Å². The second kappa shape index (κ2) is 61.4. The Morgan fingerprint density at radius 3 is 0.849 bits per heavy atom. The Labute approximate surface area is 453 Å². The molecule has 0 aromatic rings. The highest BCUT2D eigenvalue weighted by Crippen LogP contribution is 2.17. The first kappa shape index (κ1) is 69.8. The van der Waals surface area contributed by atoms with Gasteiger partial charge < -0.3 is 14.2 Å². The van der Waals surface area contributed by atoms with Gasteiger partial charge in [-0.2, -0.15) is 0 Å². The van der Waals surface area contributed by atoms with Crippen LogP contribution in [-0.4, -0.2) is 37.2 Å². The third kappa shape index (κ3) is 59.6. The summed E-state index contributed by atoms with van der Waals surface area (Å²) >= 11 is 0. The first-order valence-electron chi connectivity index (χ1n) is 31.4. The molecule has 0 aliphatic heterocycles. The van der Waals surface area contributed by atoms with Crippen molar-refractivity contribution < 1.29 is 28.6 Å². The molecule has 0 saturated heterocycles. The second-order valence-electron chi connectivity index (χ2n) is 20.9. The fraction of sp³-hybridized carbons (Fsp3) is 0.776. The van der Waals surface area contributed by atoms with E-state index in [1.807, 2.05) is 0 Å². The molecule has 6 nitrogen and oxygen atoms in total. The van der Waals surface area contributed by atoms with E-state index < -0.39 is 6.10 Å². The zero-order chi connectivity index (χ0) is 52.9. The lowest BCUT2D eigenvalue weighted by molar-refractivity contribution is -0.167. The topological polar surface area (TPSA) is 78.9 Å². The summed E-state index contributed by atoms with van der Waals surface area (Å²) in [7, 11) is 0. The molecule has 422 valence electrons. The largest absolute Gasteiger partial charge is 0.462 e. The highest BCUT2D eigenvalue weighted by molar-refractivity contribution is 5.71. The van der Waals surface area contributed by atoms with Crippen molar-refractivity contribution in [1.29, 1.82) is 0 Å². The van der Waals surface area contributed by atoms with E-state index in [0.29, 0.717) is 19.3 Å². The van der Waals surface area contributed by atoms with E-state index in [4.69, 9.17) is 14.2 Å². The summed E-state index contributed by atoms with van der Waals surface area (Å²) in [6, 6.07) is 0. The summed E-state index contributed by atoms with van der Waals surface area (Å²) in [5.41, 5.74) is 0. The summed E-state index contributed by atoms with van der Waals surface area (Å²) < 4.78 is 16.8. The molecule has 0 N–H and O–H groups in total. The first-order chi connectivity index (χ1) is 36.0. The van der Waals surface area contributed by atoms with Gasteiger partial charge in [0.15, 0.2) is 6.10 Å². The highest BCUT2D eigenvalue weighted by Gasteiger charge is 2.19. The summed E-state index contributed by atoms with van der Waals surface area (Å²) in [4.78, 5) is 37.9. The summed E-state index contributed by atoms with van der Waals surface area (Å²) in [6.07, 6.45) is 79.6. The molecule has 0 saturated carbocycles. The van der Waals surface area contributed by atoms with Gasteiger partial charge >= 0.3 is 17.9 Å². The molecule has 0 spiro atoms. The maximum absolute atomic E-state index is 12.8. The zero-order valence-electron chi connectivity index (χ0n) is 48.4. The molecule has 0 bridgehead atoms. The molecule has 0 rings (SSSR count). The number of unbranched alkanes of at least 4 members (excludes halogenated alkanes) is 34. The lowest BCUT2D eigenvalue weighted by atomic mass is 10.0. The molecule has 0 radical (unpaired) electrons. The Balaban J connectivity index is 3.97. The van der Waals surface area contributed by atoms with Gasteiger partial charge in [0.2, 0.25) is 0 Å². The fourth-order valence-corrected chi connectivity index (χ4v) is 9.00. The van der Waals surface area contributed by atoms with E-state index in [9.17, 15) is 14.4 Å². The van der Waals surface area contributed by atoms with Crippen molar-refractivity contribution in [2.45, 2.75) is 322 Å². The standard InChI is InChI=1S/C67H118O6/c1-4-7-10-13-16-18-20-22-24-26-27-28-29-30-31-32-33-34-35-36-37-38-39-40-41-42-44-45-47-49-51-54-57-60-66(69)72-63-64(62-71-65(68)59-56-53-15-12-9-6-3)73-67(70)61-58-55-52-50-48-46-43-25-23-21-19-17-14-11-8-5-2/h7,10,16,18-19,21-22,24-25,27-28,43,64H,4-6,8-9,11-15,17,20,23,26,29-42,44-63H2,1-3H3/b10-7-,18-16-,21-19-,24-22-,28-27-,43-25-. The van der Waals surface area contributed by atoms with Gasteiger partial charge in [-0.3, -0.25) is 14.4 Å². The Kier molecular flexibility index (Phi) is 58.7. The van der Waals surface area contributed by atoms with Crippen LogP contribution in [-0.2, 0) is 28.6 Å². The third-order valence-electron chi connectivity index (χ3n) is 13.7. The smallest absolute Gasteiger partial charge is 0.306 e. The van der Waals surface area contributed by atoms with Gasteiger partial charge in [-0.05, 0) is 89.9 Å². The minimum atomic E-state index is -0.776. The molecule has 1 unspecified atom stereocenters. The van der Waals surface area contributed by atoms with Crippen molar-refractivity contribution in [2.24, 2.45) is 0 Å². The monoisotopic (exact) mass is 1020 g/mol.